The monoisotopic (exact) mass is 252 g/mol. The highest BCUT2D eigenvalue weighted by Crippen LogP contribution is 2.11. The molecule has 0 radical (unpaired) electrons. The lowest BCUT2D eigenvalue weighted by Crippen LogP contribution is -1.90. The summed E-state index contributed by atoms with van der Waals surface area (Å²) < 4.78 is 0.755. The molecule has 0 atom stereocenters. The van der Waals surface area contributed by atoms with Crippen LogP contribution in [0.15, 0.2) is 0 Å². The molecule has 1 aromatic heterocycles. The van der Waals surface area contributed by atoms with E-state index in [0.717, 1.165) is 3.57 Å². The predicted octanol–water partition coefficient (Wildman–Crippen LogP) is 1.52. The summed E-state index contributed by atoms with van der Waals surface area (Å²) in [5.41, 5.74) is 5.28. The number of anilines is 1. The zero-order chi connectivity index (χ0) is 6.85. The minimum absolute atomic E-state index is 0.288. The number of aromatic nitrogens is 1. The first kappa shape index (κ1) is 7.08. The van der Waals surface area contributed by atoms with Gasteiger partial charge in [0.05, 0.1) is 0 Å². The van der Waals surface area contributed by atoms with E-state index in [9.17, 15) is 0 Å². The number of nitrogen functional groups attached to an aromatic ring is 1. The molecule has 0 amide bonds. The van der Waals surface area contributed by atoms with E-state index in [0.29, 0.717) is 5.82 Å². The molecule has 0 bridgehead atoms. The molecular formula is C5H2ClIN2-2. The Balaban J connectivity index is 3.17. The SMILES string of the molecule is Nc1[c-]c(I)[c-]c(Cl)n1. The van der Waals surface area contributed by atoms with Crippen molar-refractivity contribution in [3.63, 3.8) is 0 Å². The third kappa shape index (κ3) is 1.98. The summed E-state index contributed by atoms with van der Waals surface area (Å²) in [4.78, 5) is 3.66. The fourth-order valence-electron chi connectivity index (χ4n) is 0.396. The molecule has 1 rings (SSSR count). The van der Waals surface area contributed by atoms with E-state index in [4.69, 9.17) is 17.3 Å². The van der Waals surface area contributed by atoms with Crippen molar-refractivity contribution in [3.8, 4) is 0 Å². The normalized spacial score (nSPS) is 9.56. The molecule has 2 N–H and O–H groups in total. The van der Waals surface area contributed by atoms with Crippen molar-refractivity contribution >= 4 is 40.0 Å². The third-order valence-electron chi connectivity index (χ3n) is 0.669. The Morgan fingerprint density at radius 3 is 2.67 bits per heavy atom. The van der Waals surface area contributed by atoms with Crippen molar-refractivity contribution < 1.29 is 0 Å². The van der Waals surface area contributed by atoms with Gasteiger partial charge in [0.1, 0.15) is 0 Å². The molecular weight excluding hydrogens is 250 g/mol. The fraction of sp³-hybridized carbons (Fsp3) is 0. The Morgan fingerprint density at radius 2 is 2.22 bits per heavy atom. The number of nitrogens with zero attached hydrogens (tertiary/aromatic N) is 1. The second-order valence-electron chi connectivity index (χ2n) is 1.35. The van der Waals surface area contributed by atoms with Gasteiger partial charge in [-0.05, 0) is 0 Å². The minimum Gasteiger partial charge on any atom is -0.456 e. The van der Waals surface area contributed by atoms with Crippen LogP contribution in [0.2, 0.25) is 5.15 Å². The van der Waals surface area contributed by atoms with Crippen LogP contribution in [-0.2, 0) is 0 Å². The van der Waals surface area contributed by atoms with Gasteiger partial charge in [0.25, 0.3) is 0 Å². The standard InChI is InChI=1S/C5H2ClIN2/c6-4-1-3(7)2-5(8)9-4/h(H2,8,9)/q-2. The smallest absolute Gasteiger partial charge is 0.0514 e. The third-order valence-corrected chi connectivity index (χ3v) is 1.39. The molecule has 0 fully saturated rings. The van der Waals surface area contributed by atoms with Gasteiger partial charge in [-0.3, -0.25) is 4.98 Å². The molecule has 0 aliphatic heterocycles. The summed E-state index contributed by atoms with van der Waals surface area (Å²) in [5, 5.41) is 0.288. The maximum Gasteiger partial charge on any atom is -0.0514 e. The van der Waals surface area contributed by atoms with Gasteiger partial charge in [0.2, 0.25) is 0 Å². The van der Waals surface area contributed by atoms with Gasteiger partial charge in [0, 0.05) is 0 Å². The van der Waals surface area contributed by atoms with Crippen LogP contribution >= 0.6 is 34.2 Å². The van der Waals surface area contributed by atoms with Gasteiger partial charge in [0.15, 0.2) is 0 Å². The number of nitrogens with two attached hydrogens (primary N) is 1. The first-order valence-electron chi connectivity index (χ1n) is 2.11. The summed E-state index contributed by atoms with van der Waals surface area (Å²) in [7, 11) is 0. The van der Waals surface area contributed by atoms with E-state index in [2.05, 4.69) is 17.1 Å². The molecule has 2 nitrogen and oxygen atoms in total. The van der Waals surface area contributed by atoms with Gasteiger partial charge in [-0.25, -0.2) is 0 Å². The summed E-state index contributed by atoms with van der Waals surface area (Å²) in [6.45, 7) is 0. The Labute approximate surface area is 71.6 Å². The molecule has 0 saturated carbocycles. The first-order valence-corrected chi connectivity index (χ1v) is 3.57. The minimum atomic E-state index is 0.288. The van der Waals surface area contributed by atoms with Crippen LogP contribution in [0.5, 0.6) is 0 Å². The van der Waals surface area contributed by atoms with Crippen molar-refractivity contribution in [1.82, 2.24) is 4.98 Å². The Kier molecular flexibility index (Phi) is 2.13. The van der Waals surface area contributed by atoms with Gasteiger partial charge >= 0.3 is 0 Å². The van der Waals surface area contributed by atoms with Gasteiger partial charge in [-0.1, -0.05) is 11.0 Å². The summed E-state index contributed by atoms with van der Waals surface area (Å²) in [5.74, 6) is 0.308. The molecule has 0 spiro atoms. The molecule has 4 heteroatoms. The first-order chi connectivity index (χ1) is 4.18. The van der Waals surface area contributed by atoms with Gasteiger partial charge in [-0.15, -0.1) is 34.2 Å². The number of rotatable bonds is 0. The molecule has 9 heavy (non-hydrogen) atoms. The number of pyridine rings is 1. The van der Waals surface area contributed by atoms with Gasteiger partial charge in [-0.2, -0.15) is 0 Å². The van der Waals surface area contributed by atoms with Crippen LogP contribution in [0.1, 0.15) is 0 Å². The zero-order valence-electron chi connectivity index (χ0n) is 4.28. The Bertz CT molecular complexity index is 176. The van der Waals surface area contributed by atoms with E-state index in [1.54, 1.807) is 0 Å². The average molecular weight is 252 g/mol. The molecule has 0 aliphatic rings. The maximum atomic E-state index is 5.48. The molecule has 1 heterocycles. The lowest BCUT2D eigenvalue weighted by atomic mass is 10.5. The second-order valence-corrected chi connectivity index (χ2v) is 2.79. The number of halogens is 2. The van der Waals surface area contributed by atoms with Crippen LogP contribution in [0.3, 0.4) is 0 Å². The zero-order valence-corrected chi connectivity index (χ0v) is 7.19. The molecule has 1 aromatic rings. The van der Waals surface area contributed by atoms with E-state index in [-0.39, 0.29) is 5.15 Å². The van der Waals surface area contributed by atoms with Crippen LogP contribution < -0.4 is 5.73 Å². The van der Waals surface area contributed by atoms with Gasteiger partial charge < -0.3 is 21.4 Å². The number of hydrogen-bond donors (Lipinski definition) is 1. The lowest BCUT2D eigenvalue weighted by molar-refractivity contribution is 1.31. The summed E-state index contributed by atoms with van der Waals surface area (Å²) in [6, 6.07) is 5.44. The van der Waals surface area contributed by atoms with Crippen molar-refractivity contribution in [2.75, 3.05) is 5.73 Å². The molecule has 0 aliphatic carbocycles. The molecule has 48 valence electrons. The maximum absolute atomic E-state index is 5.48. The van der Waals surface area contributed by atoms with Crippen LogP contribution in [0.25, 0.3) is 0 Å². The summed E-state index contributed by atoms with van der Waals surface area (Å²) >= 11 is 7.49. The lowest BCUT2D eigenvalue weighted by Gasteiger charge is -2.18. The second kappa shape index (κ2) is 2.70. The van der Waals surface area contributed by atoms with Crippen molar-refractivity contribution in [1.29, 1.82) is 0 Å². The van der Waals surface area contributed by atoms with Crippen LogP contribution in [-0.4, -0.2) is 4.98 Å². The van der Waals surface area contributed by atoms with Crippen LogP contribution in [0, 0.1) is 15.7 Å². The quantitative estimate of drug-likeness (QED) is 0.432. The molecule has 0 saturated heterocycles. The molecule has 0 aromatic carbocycles. The van der Waals surface area contributed by atoms with E-state index >= 15 is 0 Å². The van der Waals surface area contributed by atoms with Crippen LogP contribution in [0.4, 0.5) is 5.82 Å². The highest BCUT2D eigenvalue weighted by Gasteiger charge is 1.69. The fourth-order valence-corrected chi connectivity index (χ4v) is 1.27. The Hall–Kier alpha value is -0.0300. The molecule has 0 unspecified atom stereocenters. The van der Waals surface area contributed by atoms with Crippen molar-refractivity contribution in [2.24, 2.45) is 0 Å². The van der Waals surface area contributed by atoms with E-state index in [1.807, 2.05) is 22.6 Å². The highest BCUT2D eigenvalue weighted by molar-refractivity contribution is 14.1. The van der Waals surface area contributed by atoms with E-state index in [1.165, 1.54) is 0 Å². The van der Waals surface area contributed by atoms with E-state index < -0.39 is 0 Å². The number of hydrogen-bond acceptors (Lipinski definition) is 2. The van der Waals surface area contributed by atoms with Crippen molar-refractivity contribution in [2.45, 2.75) is 0 Å². The van der Waals surface area contributed by atoms with Crippen molar-refractivity contribution in [3.05, 3.63) is 20.9 Å². The topological polar surface area (TPSA) is 38.9 Å². The summed E-state index contributed by atoms with van der Waals surface area (Å²) in [6.07, 6.45) is 0. The average Bonchev–Trinajstić information content (AvgIpc) is 1.59. The largest absolute Gasteiger partial charge is 0.456 e. The predicted molar refractivity (Wildman–Crippen MR) is 44.0 cm³/mol. The Morgan fingerprint density at radius 1 is 1.56 bits per heavy atom. The highest BCUT2D eigenvalue weighted by atomic mass is 127.